The third-order valence-corrected chi connectivity index (χ3v) is 7.07. The lowest BCUT2D eigenvalue weighted by Gasteiger charge is -2.43. The van der Waals surface area contributed by atoms with E-state index in [2.05, 4.69) is 25.7 Å². The molecule has 0 radical (unpaired) electrons. The van der Waals surface area contributed by atoms with Gasteiger partial charge in [0.2, 0.25) is 0 Å². The summed E-state index contributed by atoms with van der Waals surface area (Å²) in [7, 11) is 0. The summed E-state index contributed by atoms with van der Waals surface area (Å²) < 4.78 is 5.87. The molecule has 0 saturated carbocycles. The van der Waals surface area contributed by atoms with Crippen LogP contribution in [0.3, 0.4) is 0 Å². The largest absolute Gasteiger partial charge is 0.443 e. The highest BCUT2D eigenvalue weighted by Gasteiger charge is 2.68. The molecule has 6 heteroatoms. The zero-order chi connectivity index (χ0) is 22.8. The monoisotopic (exact) mass is 460 g/mol. The van der Waals surface area contributed by atoms with E-state index in [0.717, 1.165) is 17.5 Å². The molecule has 2 fully saturated rings. The summed E-state index contributed by atoms with van der Waals surface area (Å²) in [5.74, 6) is -0.375. The number of halogens is 2. The Morgan fingerprint density at radius 2 is 1.71 bits per heavy atom. The fourth-order valence-electron chi connectivity index (χ4n) is 5.50. The van der Waals surface area contributed by atoms with Crippen molar-refractivity contribution in [1.82, 2.24) is 4.90 Å². The minimum Gasteiger partial charge on any atom is -0.443 e. The first kappa shape index (κ1) is 22.6. The summed E-state index contributed by atoms with van der Waals surface area (Å²) in [6, 6.07) is 14.7. The van der Waals surface area contributed by atoms with Crippen molar-refractivity contribution < 1.29 is 9.53 Å². The molecule has 2 aliphatic heterocycles. The van der Waals surface area contributed by atoms with Gasteiger partial charge in [-0.2, -0.15) is 0 Å². The third kappa shape index (κ3) is 3.78. The Morgan fingerprint density at radius 1 is 1.06 bits per heavy atom. The zero-order valence-corrected chi connectivity index (χ0v) is 20.2. The van der Waals surface area contributed by atoms with Gasteiger partial charge in [0.05, 0.1) is 11.6 Å². The quantitative estimate of drug-likeness (QED) is 0.577. The van der Waals surface area contributed by atoms with E-state index in [1.807, 2.05) is 62.4 Å². The van der Waals surface area contributed by atoms with Gasteiger partial charge in [-0.05, 0) is 61.1 Å². The number of fused-ring (bicyclic) bond motifs is 1. The van der Waals surface area contributed by atoms with Gasteiger partial charge >= 0.3 is 5.97 Å². The van der Waals surface area contributed by atoms with Gasteiger partial charge in [-0.3, -0.25) is 4.79 Å². The highest BCUT2D eigenvalue weighted by molar-refractivity contribution is 6.30. The van der Waals surface area contributed by atoms with Crippen LogP contribution in [0.15, 0.2) is 48.5 Å². The summed E-state index contributed by atoms with van der Waals surface area (Å²) in [6.07, 6.45) is 0.759. The van der Waals surface area contributed by atoms with Crippen LogP contribution in [0.5, 0.6) is 0 Å². The number of cyclic esters (lactones) is 1. The second kappa shape index (κ2) is 7.48. The fraction of sp³-hybridized carbons (Fsp3) is 0.480. The number of hydrogen-bond acceptors (Lipinski definition) is 4. The predicted octanol–water partition coefficient (Wildman–Crippen LogP) is 5.92. The maximum absolute atomic E-state index is 13.2. The van der Waals surface area contributed by atoms with Crippen LogP contribution in [-0.2, 0) is 15.1 Å². The standard InChI is InChI=1S/C25H30Cl2N2O2/c1-23(2,3)14-19-20-22(30)31-24(4,5)29(20)21(15-7-6-8-18(27)13-15)25(19,28)16-9-11-17(26)12-10-16/h6-13,19-21H,14,28H2,1-5H3. The summed E-state index contributed by atoms with van der Waals surface area (Å²) >= 11 is 12.6. The van der Waals surface area contributed by atoms with Crippen LogP contribution in [-0.4, -0.2) is 22.6 Å². The second-order valence-electron chi connectivity index (χ2n) is 10.5. The van der Waals surface area contributed by atoms with Gasteiger partial charge in [0.25, 0.3) is 0 Å². The Morgan fingerprint density at radius 3 is 2.29 bits per heavy atom. The minimum atomic E-state index is -0.843. The highest BCUT2D eigenvalue weighted by Crippen LogP contribution is 2.59. The molecule has 0 aliphatic carbocycles. The maximum Gasteiger partial charge on any atom is 0.325 e. The molecule has 0 aromatic heterocycles. The van der Waals surface area contributed by atoms with E-state index in [9.17, 15) is 4.79 Å². The minimum absolute atomic E-state index is 0.0381. The van der Waals surface area contributed by atoms with E-state index in [0.29, 0.717) is 10.0 Å². The smallest absolute Gasteiger partial charge is 0.325 e. The molecule has 0 spiro atoms. The molecule has 2 aromatic carbocycles. The van der Waals surface area contributed by atoms with Crippen molar-refractivity contribution in [3.8, 4) is 0 Å². The van der Waals surface area contributed by atoms with Crippen molar-refractivity contribution in [3.05, 3.63) is 69.7 Å². The number of nitrogens with zero attached hydrogens (tertiary/aromatic N) is 1. The molecule has 2 aromatic rings. The highest BCUT2D eigenvalue weighted by atomic mass is 35.5. The van der Waals surface area contributed by atoms with E-state index < -0.39 is 17.3 Å². The molecular weight excluding hydrogens is 431 g/mol. The normalized spacial score (nSPS) is 30.3. The van der Waals surface area contributed by atoms with Gasteiger partial charge in [-0.25, -0.2) is 4.90 Å². The zero-order valence-electron chi connectivity index (χ0n) is 18.7. The van der Waals surface area contributed by atoms with Crippen molar-refractivity contribution >= 4 is 29.2 Å². The van der Waals surface area contributed by atoms with Crippen molar-refractivity contribution in [2.24, 2.45) is 17.1 Å². The van der Waals surface area contributed by atoms with Gasteiger partial charge in [0.15, 0.2) is 5.72 Å². The van der Waals surface area contributed by atoms with Gasteiger partial charge in [0.1, 0.15) is 6.04 Å². The van der Waals surface area contributed by atoms with Crippen LogP contribution in [0.1, 0.15) is 58.2 Å². The van der Waals surface area contributed by atoms with Crippen LogP contribution in [0.25, 0.3) is 0 Å². The average molecular weight is 461 g/mol. The van der Waals surface area contributed by atoms with Crippen LogP contribution in [0, 0.1) is 11.3 Å². The number of ether oxygens (including phenoxy) is 1. The number of benzene rings is 2. The van der Waals surface area contributed by atoms with E-state index in [-0.39, 0.29) is 23.3 Å². The molecule has 4 rings (SSSR count). The van der Waals surface area contributed by atoms with Crippen LogP contribution in [0.2, 0.25) is 10.0 Å². The molecule has 4 unspecified atom stereocenters. The predicted molar refractivity (Wildman–Crippen MR) is 125 cm³/mol. The average Bonchev–Trinajstić information content (AvgIpc) is 3.04. The van der Waals surface area contributed by atoms with Crippen molar-refractivity contribution in [1.29, 1.82) is 0 Å². The number of rotatable bonds is 3. The molecular formula is C25H30Cl2N2O2. The van der Waals surface area contributed by atoms with Crippen molar-refractivity contribution in [2.45, 2.75) is 64.4 Å². The van der Waals surface area contributed by atoms with E-state index in [4.69, 9.17) is 33.7 Å². The summed E-state index contributed by atoms with van der Waals surface area (Å²) in [4.78, 5) is 15.4. The topological polar surface area (TPSA) is 55.6 Å². The molecule has 2 aliphatic rings. The molecule has 0 bridgehead atoms. The molecule has 166 valence electrons. The SMILES string of the molecule is CC(C)(C)CC1C2C(=O)OC(C)(C)N2C(c2cccc(Cl)c2)C1(N)c1ccc(Cl)cc1. The molecule has 4 nitrogen and oxygen atoms in total. The lowest BCUT2D eigenvalue weighted by molar-refractivity contribution is -0.153. The Labute approximate surface area is 194 Å². The first-order valence-electron chi connectivity index (χ1n) is 10.7. The van der Waals surface area contributed by atoms with Gasteiger partial charge in [0, 0.05) is 16.0 Å². The fourth-order valence-corrected chi connectivity index (χ4v) is 5.82. The lowest BCUT2D eigenvalue weighted by atomic mass is 9.67. The van der Waals surface area contributed by atoms with E-state index in [1.54, 1.807) is 0 Å². The number of carbonyl (C=O) groups is 1. The van der Waals surface area contributed by atoms with E-state index >= 15 is 0 Å². The van der Waals surface area contributed by atoms with Gasteiger partial charge in [-0.15, -0.1) is 0 Å². The summed E-state index contributed by atoms with van der Waals surface area (Å²) in [5, 5.41) is 1.29. The van der Waals surface area contributed by atoms with E-state index in [1.165, 1.54) is 0 Å². The first-order chi connectivity index (χ1) is 14.3. The Bertz CT molecular complexity index is 999. The number of hydrogen-bond donors (Lipinski definition) is 1. The first-order valence-corrected chi connectivity index (χ1v) is 11.4. The second-order valence-corrected chi connectivity index (χ2v) is 11.4. The molecule has 2 heterocycles. The third-order valence-electron chi connectivity index (χ3n) is 6.58. The Kier molecular flexibility index (Phi) is 5.45. The van der Waals surface area contributed by atoms with Gasteiger partial charge in [-0.1, -0.05) is 68.2 Å². The van der Waals surface area contributed by atoms with Crippen molar-refractivity contribution in [3.63, 3.8) is 0 Å². The lowest BCUT2D eigenvalue weighted by Crippen LogP contribution is -2.51. The molecule has 2 saturated heterocycles. The molecule has 4 atom stereocenters. The molecule has 2 N–H and O–H groups in total. The van der Waals surface area contributed by atoms with Crippen LogP contribution < -0.4 is 5.73 Å². The van der Waals surface area contributed by atoms with Crippen LogP contribution >= 0.6 is 23.2 Å². The van der Waals surface area contributed by atoms with Crippen molar-refractivity contribution in [2.75, 3.05) is 0 Å². The molecule has 0 amide bonds. The summed E-state index contributed by atoms with van der Waals surface area (Å²) in [5.41, 5.74) is 7.69. The number of esters is 1. The Hall–Kier alpha value is -1.59. The summed E-state index contributed by atoms with van der Waals surface area (Å²) in [6.45, 7) is 10.4. The Balaban J connectivity index is 2.00. The maximum atomic E-state index is 13.2. The molecule has 31 heavy (non-hydrogen) atoms. The number of nitrogens with two attached hydrogens (primary N) is 1. The van der Waals surface area contributed by atoms with Crippen LogP contribution in [0.4, 0.5) is 0 Å². The van der Waals surface area contributed by atoms with Gasteiger partial charge < -0.3 is 10.5 Å². The number of carbonyl (C=O) groups excluding carboxylic acids is 1.